The van der Waals surface area contributed by atoms with Crippen molar-refractivity contribution in [3.05, 3.63) is 30.1 Å². The standard InChI is InChI=1S/C13H17N3O2/c1-3-10(14)8-12-15-13(18-16-12)9-5-4-6-11(7-9)17-2/h4-7,10H,3,8,14H2,1-2H3. The molecule has 1 aromatic heterocycles. The van der Waals surface area contributed by atoms with E-state index in [0.717, 1.165) is 17.7 Å². The molecule has 1 heterocycles. The second-order valence-electron chi connectivity index (χ2n) is 4.12. The number of nitrogens with two attached hydrogens (primary N) is 1. The van der Waals surface area contributed by atoms with Crippen molar-refractivity contribution in [2.45, 2.75) is 25.8 Å². The molecule has 2 rings (SSSR count). The van der Waals surface area contributed by atoms with Crippen LogP contribution in [-0.2, 0) is 6.42 Å². The van der Waals surface area contributed by atoms with Crippen molar-refractivity contribution in [1.82, 2.24) is 10.1 Å². The molecule has 96 valence electrons. The molecule has 1 atom stereocenters. The van der Waals surface area contributed by atoms with Crippen LogP contribution in [0.2, 0.25) is 0 Å². The summed E-state index contributed by atoms with van der Waals surface area (Å²) in [5.41, 5.74) is 6.70. The largest absolute Gasteiger partial charge is 0.497 e. The van der Waals surface area contributed by atoms with Crippen LogP contribution in [0.25, 0.3) is 11.5 Å². The van der Waals surface area contributed by atoms with E-state index >= 15 is 0 Å². The van der Waals surface area contributed by atoms with Gasteiger partial charge in [-0.05, 0) is 24.6 Å². The van der Waals surface area contributed by atoms with E-state index in [2.05, 4.69) is 10.1 Å². The fourth-order valence-corrected chi connectivity index (χ4v) is 1.59. The first-order valence-corrected chi connectivity index (χ1v) is 5.95. The molecule has 2 aromatic rings. The smallest absolute Gasteiger partial charge is 0.258 e. The Morgan fingerprint density at radius 3 is 3.00 bits per heavy atom. The number of hydrogen-bond acceptors (Lipinski definition) is 5. The van der Waals surface area contributed by atoms with Crippen molar-refractivity contribution in [2.75, 3.05) is 7.11 Å². The molecule has 5 nitrogen and oxygen atoms in total. The zero-order valence-corrected chi connectivity index (χ0v) is 10.6. The molecule has 1 aromatic carbocycles. The van der Waals surface area contributed by atoms with Gasteiger partial charge in [0.25, 0.3) is 5.89 Å². The molecular formula is C13H17N3O2. The lowest BCUT2D eigenvalue weighted by molar-refractivity contribution is 0.411. The van der Waals surface area contributed by atoms with Gasteiger partial charge in [0.05, 0.1) is 7.11 Å². The number of methoxy groups -OCH3 is 1. The van der Waals surface area contributed by atoms with E-state index in [1.54, 1.807) is 7.11 Å². The summed E-state index contributed by atoms with van der Waals surface area (Å²) in [5.74, 6) is 1.90. The van der Waals surface area contributed by atoms with E-state index in [-0.39, 0.29) is 6.04 Å². The molecule has 1 unspecified atom stereocenters. The molecule has 0 fully saturated rings. The summed E-state index contributed by atoms with van der Waals surface area (Å²) in [5, 5.41) is 3.93. The van der Waals surface area contributed by atoms with Gasteiger partial charge in [0.2, 0.25) is 0 Å². The molecule has 0 spiro atoms. The molecule has 0 amide bonds. The number of hydrogen-bond donors (Lipinski definition) is 1. The Balaban J connectivity index is 2.18. The Hall–Kier alpha value is -1.88. The first-order chi connectivity index (χ1) is 8.72. The third-order valence-corrected chi connectivity index (χ3v) is 2.75. The maximum atomic E-state index is 5.86. The van der Waals surface area contributed by atoms with E-state index in [1.807, 2.05) is 31.2 Å². The quantitative estimate of drug-likeness (QED) is 0.875. The molecule has 5 heteroatoms. The molecule has 0 bridgehead atoms. The number of aromatic nitrogens is 2. The van der Waals surface area contributed by atoms with Crippen molar-refractivity contribution in [2.24, 2.45) is 5.73 Å². The van der Waals surface area contributed by atoms with Gasteiger partial charge >= 0.3 is 0 Å². The second kappa shape index (κ2) is 5.64. The van der Waals surface area contributed by atoms with Crippen LogP contribution in [-0.4, -0.2) is 23.3 Å². The molecular weight excluding hydrogens is 230 g/mol. The predicted octanol–water partition coefficient (Wildman–Crippen LogP) is 2.02. The summed E-state index contributed by atoms with van der Waals surface area (Å²) in [6.07, 6.45) is 1.52. The molecule has 2 N–H and O–H groups in total. The first kappa shape index (κ1) is 12.6. The topological polar surface area (TPSA) is 74.2 Å². The highest BCUT2D eigenvalue weighted by Gasteiger charge is 2.11. The van der Waals surface area contributed by atoms with E-state index < -0.39 is 0 Å². The Kier molecular flexibility index (Phi) is 3.94. The monoisotopic (exact) mass is 247 g/mol. The summed E-state index contributed by atoms with van der Waals surface area (Å²) >= 11 is 0. The summed E-state index contributed by atoms with van der Waals surface area (Å²) in [6.45, 7) is 2.04. The normalized spacial score (nSPS) is 12.4. The van der Waals surface area contributed by atoms with Gasteiger partial charge in [-0.2, -0.15) is 4.98 Å². The molecule has 0 saturated heterocycles. The van der Waals surface area contributed by atoms with Gasteiger partial charge in [-0.1, -0.05) is 18.1 Å². The van der Waals surface area contributed by atoms with Crippen molar-refractivity contribution < 1.29 is 9.26 Å². The van der Waals surface area contributed by atoms with E-state index in [0.29, 0.717) is 18.1 Å². The number of ether oxygens (including phenoxy) is 1. The molecule has 0 aliphatic heterocycles. The van der Waals surface area contributed by atoms with Crippen molar-refractivity contribution >= 4 is 0 Å². The summed E-state index contributed by atoms with van der Waals surface area (Å²) in [7, 11) is 1.62. The lowest BCUT2D eigenvalue weighted by Crippen LogP contribution is -2.21. The first-order valence-electron chi connectivity index (χ1n) is 5.95. The third kappa shape index (κ3) is 2.87. The highest BCUT2D eigenvalue weighted by atomic mass is 16.5. The minimum Gasteiger partial charge on any atom is -0.497 e. The van der Waals surface area contributed by atoms with Crippen molar-refractivity contribution in [1.29, 1.82) is 0 Å². The van der Waals surface area contributed by atoms with Gasteiger partial charge in [0, 0.05) is 18.0 Å². The minimum atomic E-state index is 0.0701. The van der Waals surface area contributed by atoms with Crippen molar-refractivity contribution in [3.63, 3.8) is 0 Å². The summed E-state index contributed by atoms with van der Waals surface area (Å²) in [6, 6.07) is 7.58. The van der Waals surface area contributed by atoms with Gasteiger partial charge in [0.15, 0.2) is 5.82 Å². The van der Waals surface area contributed by atoms with Gasteiger partial charge in [0.1, 0.15) is 5.75 Å². The van der Waals surface area contributed by atoms with Crippen LogP contribution in [0.1, 0.15) is 19.2 Å². The van der Waals surface area contributed by atoms with E-state index in [4.69, 9.17) is 15.0 Å². The Bertz CT molecular complexity index is 510. The fraction of sp³-hybridized carbons (Fsp3) is 0.385. The van der Waals surface area contributed by atoms with Crippen LogP contribution < -0.4 is 10.5 Å². The highest BCUT2D eigenvalue weighted by molar-refractivity contribution is 5.55. The molecule has 0 aliphatic carbocycles. The van der Waals surface area contributed by atoms with Crippen LogP contribution in [0.5, 0.6) is 5.75 Å². The lowest BCUT2D eigenvalue weighted by Gasteiger charge is -2.02. The van der Waals surface area contributed by atoms with Crippen LogP contribution in [0.15, 0.2) is 28.8 Å². The average Bonchev–Trinajstić information content (AvgIpc) is 2.87. The Morgan fingerprint density at radius 2 is 2.28 bits per heavy atom. The Morgan fingerprint density at radius 1 is 1.44 bits per heavy atom. The molecule has 0 radical (unpaired) electrons. The van der Waals surface area contributed by atoms with Crippen LogP contribution in [0, 0.1) is 0 Å². The number of nitrogens with zero attached hydrogens (tertiary/aromatic N) is 2. The molecule has 18 heavy (non-hydrogen) atoms. The second-order valence-corrected chi connectivity index (χ2v) is 4.12. The van der Waals surface area contributed by atoms with Crippen LogP contribution in [0.4, 0.5) is 0 Å². The van der Waals surface area contributed by atoms with Crippen LogP contribution in [0.3, 0.4) is 0 Å². The fourth-order valence-electron chi connectivity index (χ4n) is 1.59. The molecule has 0 saturated carbocycles. The minimum absolute atomic E-state index is 0.0701. The maximum absolute atomic E-state index is 5.86. The highest BCUT2D eigenvalue weighted by Crippen LogP contribution is 2.22. The van der Waals surface area contributed by atoms with Crippen molar-refractivity contribution in [3.8, 4) is 17.2 Å². The zero-order valence-electron chi connectivity index (χ0n) is 10.6. The third-order valence-electron chi connectivity index (χ3n) is 2.75. The van der Waals surface area contributed by atoms with E-state index in [1.165, 1.54) is 0 Å². The van der Waals surface area contributed by atoms with Gasteiger partial charge in [-0.3, -0.25) is 0 Å². The van der Waals surface area contributed by atoms with Crippen LogP contribution >= 0.6 is 0 Å². The van der Waals surface area contributed by atoms with E-state index in [9.17, 15) is 0 Å². The van der Waals surface area contributed by atoms with Gasteiger partial charge in [-0.15, -0.1) is 0 Å². The van der Waals surface area contributed by atoms with Gasteiger partial charge < -0.3 is 15.0 Å². The average molecular weight is 247 g/mol. The molecule has 0 aliphatic rings. The number of benzene rings is 1. The lowest BCUT2D eigenvalue weighted by atomic mass is 10.1. The summed E-state index contributed by atoms with van der Waals surface area (Å²) < 4.78 is 10.4. The Labute approximate surface area is 106 Å². The maximum Gasteiger partial charge on any atom is 0.258 e. The zero-order chi connectivity index (χ0) is 13.0. The number of rotatable bonds is 5. The predicted molar refractivity (Wildman–Crippen MR) is 68.3 cm³/mol. The summed E-state index contributed by atoms with van der Waals surface area (Å²) in [4.78, 5) is 4.33. The SMILES string of the molecule is CCC(N)Cc1noc(-c2cccc(OC)c2)n1. The van der Waals surface area contributed by atoms with Gasteiger partial charge in [-0.25, -0.2) is 0 Å².